The zero-order chi connectivity index (χ0) is 22.6. The Kier molecular flexibility index (Phi) is 7.39. The molecule has 32 heavy (non-hydrogen) atoms. The Labute approximate surface area is 191 Å². The summed E-state index contributed by atoms with van der Waals surface area (Å²) in [5, 5.41) is 2.86. The monoisotopic (exact) mass is 465 g/mol. The standard InChI is InChI=1S/C23H35N3O5S/c1-2-24-22(27)26-14-6-13-23(16-30-17-32(28,29)25-23)21(26)15-31-20-11-9-19(10-12-20)18-7-4-3-5-8-18/h3-5,7-8,19-21,25H,2,6,9-17H2,1H3,(H,24,27)/t19?,20?,21-,23+/m0/s1. The number of likely N-dealkylation sites (tertiary alicyclic amines) is 1. The van der Waals surface area contributed by atoms with Gasteiger partial charge >= 0.3 is 6.03 Å². The van der Waals surface area contributed by atoms with E-state index in [0.29, 0.717) is 38.5 Å². The Morgan fingerprint density at radius 1 is 1.25 bits per heavy atom. The van der Waals surface area contributed by atoms with Crippen LogP contribution in [-0.2, 0) is 19.5 Å². The van der Waals surface area contributed by atoms with E-state index in [0.717, 1.165) is 25.7 Å². The van der Waals surface area contributed by atoms with Crippen LogP contribution in [0.15, 0.2) is 30.3 Å². The molecule has 2 aliphatic heterocycles. The van der Waals surface area contributed by atoms with Crippen molar-refractivity contribution in [3.63, 3.8) is 0 Å². The van der Waals surface area contributed by atoms with E-state index in [9.17, 15) is 13.2 Å². The molecule has 2 saturated heterocycles. The first-order chi connectivity index (χ1) is 15.4. The van der Waals surface area contributed by atoms with Crippen LogP contribution >= 0.6 is 0 Å². The quantitative estimate of drug-likeness (QED) is 0.697. The summed E-state index contributed by atoms with van der Waals surface area (Å²) in [6.07, 6.45) is 5.51. The van der Waals surface area contributed by atoms with Crippen molar-refractivity contribution in [1.29, 1.82) is 0 Å². The number of ether oxygens (including phenoxy) is 2. The number of urea groups is 1. The average molecular weight is 466 g/mol. The van der Waals surface area contributed by atoms with Crippen LogP contribution in [0.3, 0.4) is 0 Å². The van der Waals surface area contributed by atoms with Gasteiger partial charge < -0.3 is 19.7 Å². The summed E-state index contributed by atoms with van der Waals surface area (Å²) in [5.41, 5.74) is 0.537. The molecular weight excluding hydrogens is 430 g/mol. The average Bonchev–Trinajstić information content (AvgIpc) is 2.78. The second kappa shape index (κ2) is 10.1. The van der Waals surface area contributed by atoms with Crippen molar-refractivity contribution in [2.24, 2.45) is 0 Å². The summed E-state index contributed by atoms with van der Waals surface area (Å²) in [4.78, 5) is 14.5. The van der Waals surface area contributed by atoms with Crippen LogP contribution in [0.4, 0.5) is 4.79 Å². The Morgan fingerprint density at radius 2 is 2.00 bits per heavy atom. The molecule has 8 nitrogen and oxygen atoms in total. The highest BCUT2D eigenvalue weighted by atomic mass is 32.2. The number of piperidine rings is 1. The zero-order valence-electron chi connectivity index (χ0n) is 18.8. The minimum absolute atomic E-state index is 0.117. The smallest absolute Gasteiger partial charge is 0.317 e. The predicted molar refractivity (Wildman–Crippen MR) is 122 cm³/mol. The van der Waals surface area contributed by atoms with Gasteiger partial charge in [0.05, 0.1) is 30.9 Å². The minimum atomic E-state index is -3.55. The van der Waals surface area contributed by atoms with Gasteiger partial charge in [-0.15, -0.1) is 0 Å². The molecule has 1 spiro atoms. The summed E-state index contributed by atoms with van der Waals surface area (Å²) in [7, 11) is -3.55. The fraction of sp³-hybridized carbons (Fsp3) is 0.696. The van der Waals surface area contributed by atoms with E-state index < -0.39 is 21.6 Å². The number of nitrogens with one attached hydrogen (secondary N) is 2. The fourth-order valence-corrected chi connectivity index (χ4v) is 6.71. The number of amides is 2. The highest BCUT2D eigenvalue weighted by Crippen LogP contribution is 2.36. The molecular formula is C23H35N3O5S. The topological polar surface area (TPSA) is 97.0 Å². The van der Waals surface area contributed by atoms with Gasteiger partial charge in [-0.05, 0) is 56.9 Å². The summed E-state index contributed by atoms with van der Waals surface area (Å²) >= 11 is 0. The number of hydrogen-bond donors (Lipinski definition) is 2. The van der Waals surface area contributed by atoms with Crippen LogP contribution in [0.1, 0.15) is 56.9 Å². The molecule has 1 aromatic carbocycles. The normalized spacial score (nSPS) is 32.5. The largest absolute Gasteiger partial charge is 0.376 e. The molecule has 1 aliphatic carbocycles. The lowest BCUT2D eigenvalue weighted by Gasteiger charge is -2.51. The summed E-state index contributed by atoms with van der Waals surface area (Å²) in [6.45, 7) is 3.51. The van der Waals surface area contributed by atoms with Crippen molar-refractivity contribution in [1.82, 2.24) is 14.9 Å². The molecule has 2 atom stereocenters. The summed E-state index contributed by atoms with van der Waals surface area (Å²) in [6, 6.07) is 10.0. The van der Waals surface area contributed by atoms with Crippen molar-refractivity contribution in [3.05, 3.63) is 35.9 Å². The number of rotatable bonds is 5. The second-order valence-electron chi connectivity index (χ2n) is 9.21. The highest BCUT2D eigenvalue weighted by molar-refractivity contribution is 7.89. The van der Waals surface area contributed by atoms with Gasteiger partial charge in [-0.3, -0.25) is 0 Å². The lowest BCUT2D eigenvalue weighted by Crippen LogP contribution is -2.72. The number of carbonyl (C=O) groups is 1. The van der Waals surface area contributed by atoms with Crippen molar-refractivity contribution in [3.8, 4) is 0 Å². The summed E-state index contributed by atoms with van der Waals surface area (Å²) < 4.78 is 39.4. The van der Waals surface area contributed by atoms with Gasteiger partial charge in [0.1, 0.15) is 0 Å². The lowest BCUT2D eigenvalue weighted by atomic mass is 9.81. The van der Waals surface area contributed by atoms with Crippen LogP contribution in [0.25, 0.3) is 0 Å². The zero-order valence-corrected chi connectivity index (χ0v) is 19.6. The molecule has 0 aromatic heterocycles. The third kappa shape index (κ3) is 5.27. The van der Waals surface area contributed by atoms with E-state index in [1.54, 1.807) is 4.90 Å². The Balaban J connectivity index is 1.43. The molecule has 4 rings (SSSR count). The van der Waals surface area contributed by atoms with Gasteiger partial charge in [-0.25, -0.2) is 17.9 Å². The van der Waals surface area contributed by atoms with Crippen LogP contribution < -0.4 is 10.0 Å². The molecule has 3 fully saturated rings. The third-order valence-corrected chi connectivity index (χ3v) is 8.21. The molecule has 0 bridgehead atoms. The molecule has 2 N–H and O–H groups in total. The molecule has 2 amide bonds. The van der Waals surface area contributed by atoms with E-state index in [2.05, 4.69) is 34.3 Å². The van der Waals surface area contributed by atoms with Crippen molar-refractivity contribution >= 4 is 16.1 Å². The van der Waals surface area contributed by atoms with Crippen LogP contribution in [0.2, 0.25) is 0 Å². The predicted octanol–water partition coefficient (Wildman–Crippen LogP) is 2.57. The number of benzene rings is 1. The number of sulfonamides is 1. The molecule has 2 heterocycles. The number of nitrogens with zero attached hydrogens (tertiary/aromatic N) is 1. The first-order valence-corrected chi connectivity index (χ1v) is 13.4. The Hall–Kier alpha value is -1.68. The maximum atomic E-state index is 12.8. The van der Waals surface area contributed by atoms with E-state index in [-0.39, 0.29) is 24.7 Å². The molecule has 178 valence electrons. The fourth-order valence-electron chi connectivity index (χ4n) is 5.44. The van der Waals surface area contributed by atoms with Gasteiger partial charge in [0, 0.05) is 13.1 Å². The van der Waals surface area contributed by atoms with Crippen LogP contribution in [0.5, 0.6) is 0 Å². The molecule has 0 radical (unpaired) electrons. The molecule has 9 heteroatoms. The second-order valence-corrected chi connectivity index (χ2v) is 10.9. The lowest BCUT2D eigenvalue weighted by molar-refractivity contribution is -0.0576. The summed E-state index contributed by atoms with van der Waals surface area (Å²) in [5.74, 6) is 0.218. The van der Waals surface area contributed by atoms with Gasteiger partial charge in [0.15, 0.2) is 5.94 Å². The van der Waals surface area contributed by atoms with Crippen molar-refractivity contribution < 1.29 is 22.7 Å². The first kappa shape index (κ1) is 23.5. The van der Waals surface area contributed by atoms with Gasteiger partial charge in [-0.2, -0.15) is 0 Å². The first-order valence-electron chi connectivity index (χ1n) is 11.7. The van der Waals surface area contributed by atoms with Gasteiger partial charge in [0.2, 0.25) is 10.0 Å². The van der Waals surface area contributed by atoms with Gasteiger partial charge in [-0.1, -0.05) is 30.3 Å². The highest BCUT2D eigenvalue weighted by Gasteiger charge is 2.51. The number of hydrogen-bond acceptors (Lipinski definition) is 5. The SMILES string of the molecule is CCNC(=O)N1CCC[C@@]2(COCS(=O)(=O)N2)[C@@H]1COC1CCC(c2ccccc2)CC1. The van der Waals surface area contributed by atoms with Crippen LogP contribution in [0, 0.1) is 0 Å². The maximum absolute atomic E-state index is 12.8. The van der Waals surface area contributed by atoms with E-state index in [4.69, 9.17) is 9.47 Å². The van der Waals surface area contributed by atoms with Crippen molar-refractivity contribution in [2.75, 3.05) is 32.2 Å². The van der Waals surface area contributed by atoms with Crippen LogP contribution in [-0.4, -0.2) is 69.3 Å². The molecule has 1 aromatic rings. The van der Waals surface area contributed by atoms with Crippen molar-refractivity contribution in [2.45, 2.75) is 69.1 Å². The Morgan fingerprint density at radius 3 is 2.69 bits per heavy atom. The van der Waals surface area contributed by atoms with E-state index in [1.165, 1.54) is 5.56 Å². The molecule has 0 unspecified atom stereocenters. The molecule has 3 aliphatic rings. The third-order valence-electron chi connectivity index (χ3n) is 7.02. The van der Waals surface area contributed by atoms with E-state index >= 15 is 0 Å². The number of carbonyl (C=O) groups excluding carboxylic acids is 1. The molecule has 1 saturated carbocycles. The van der Waals surface area contributed by atoms with Gasteiger partial charge in [0.25, 0.3) is 0 Å². The minimum Gasteiger partial charge on any atom is -0.376 e. The van der Waals surface area contributed by atoms with E-state index in [1.807, 2.05) is 13.0 Å². The Bertz CT molecular complexity index is 869. The maximum Gasteiger partial charge on any atom is 0.317 e.